The maximum absolute atomic E-state index is 13.1. The van der Waals surface area contributed by atoms with Crippen molar-refractivity contribution in [2.45, 2.75) is 32.9 Å². The molecule has 6 heteroatoms. The zero-order valence-electron chi connectivity index (χ0n) is 17.7. The van der Waals surface area contributed by atoms with Crippen LogP contribution in [0.1, 0.15) is 46.6 Å². The summed E-state index contributed by atoms with van der Waals surface area (Å²) in [6, 6.07) is 18.5. The largest absolute Gasteiger partial charge is 0.494 e. The Morgan fingerprint density at radius 1 is 1.13 bits per heavy atom. The number of carbonyl (C=O) groups is 2. The predicted molar refractivity (Wildman–Crippen MR) is 119 cm³/mol. The first-order valence-electron chi connectivity index (χ1n) is 10.4. The van der Waals surface area contributed by atoms with E-state index in [-0.39, 0.29) is 18.2 Å². The number of nitrogens with one attached hydrogen (secondary N) is 1. The Morgan fingerprint density at radius 3 is 2.68 bits per heavy atom. The average Bonchev–Trinajstić information content (AvgIpc) is 3.05. The number of rotatable bonds is 7. The summed E-state index contributed by atoms with van der Waals surface area (Å²) in [5.74, 6) is 0.541. The summed E-state index contributed by atoms with van der Waals surface area (Å²) in [6.45, 7) is 4.94. The summed E-state index contributed by atoms with van der Waals surface area (Å²) in [5, 5.41) is 2.96. The van der Waals surface area contributed by atoms with Gasteiger partial charge in [-0.3, -0.25) is 19.5 Å². The minimum Gasteiger partial charge on any atom is -0.494 e. The number of hydrogen-bond donors (Lipinski definition) is 1. The number of carbonyl (C=O) groups excluding carboxylic acids is 2. The van der Waals surface area contributed by atoms with Gasteiger partial charge in [-0.15, -0.1) is 0 Å². The Labute approximate surface area is 181 Å². The topological polar surface area (TPSA) is 71.5 Å². The molecule has 1 aliphatic heterocycles. The Balaban J connectivity index is 1.50. The van der Waals surface area contributed by atoms with Crippen molar-refractivity contribution in [2.24, 2.45) is 0 Å². The van der Waals surface area contributed by atoms with Gasteiger partial charge in [0.2, 0.25) is 5.91 Å². The molecule has 0 saturated heterocycles. The SMILES string of the molecule is CCOc1ccc(CNC(=O)C[C@@H]2c3ncccc3C(=O)N2c2cccc(C)c2)cc1. The van der Waals surface area contributed by atoms with Gasteiger partial charge >= 0.3 is 0 Å². The second-order valence-corrected chi connectivity index (χ2v) is 7.52. The second kappa shape index (κ2) is 9.00. The summed E-state index contributed by atoms with van der Waals surface area (Å²) in [7, 11) is 0. The molecule has 1 aliphatic rings. The third-order valence-corrected chi connectivity index (χ3v) is 5.30. The fourth-order valence-electron chi connectivity index (χ4n) is 3.84. The molecule has 1 atom stereocenters. The molecule has 0 spiro atoms. The highest BCUT2D eigenvalue weighted by atomic mass is 16.5. The van der Waals surface area contributed by atoms with Gasteiger partial charge in [-0.2, -0.15) is 0 Å². The van der Waals surface area contributed by atoms with Crippen LogP contribution in [-0.2, 0) is 11.3 Å². The zero-order chi connectivity index (χ0) is 21.8. The average molecular weight is 415 g/mol. The van der Waals surface area contributed by atoms with Gasteiger partial charge in [-0.25, -0.2) is 0 Å². The van der Waals surface area contributed by atoms with Crippen LogP contribution in [0.2, 0.25) is 0 Å². The molecule has 0 saturated carbocycles. The molecule has 0 unspecified atom stereocenters. The number of aryl methyl sites for hydroxylation is 1. The maximum Gasteiger partial charge on any atom is 0.260 e. The van der Waals surface area contributed by atoms with Crippen LogP contribution in [0.5, 0.6) is 5.75 Å². The summed E-state index contributed by atoms with van der Waals surface area (Å²) in [6.07, 6.45) is 1.80. The lowest BCUT2D eigenvalue weighted by atomic mass is 10.1. The minimum absolute atomic E-state index is 0.127. The van der Waals surface area contributed by atoms with Crippen LogP contribution in [0.4, 0.5) is 5.69 Å². The summed E-state index contributed by atoms with van der Waals surface area (Å²) < 4.78 is 5.45. The molecule has 3 aromatic rings. The number of amides is 2. The molecule has 2 aromatic carbocycles. The Morgan fingerprint density at radius 2 is 1.94 bits per heavy atom. The molecule has 6 nitrogen and oxygen atoms in total. The number of hydrogen-bond acceptors (Lipinski definition) is 4. The lowest BCUT2D eigenvalue weighted by Crippen LogP contribution is -2.33. The number of nitrogens with zero attached hydrogens (tertiary/aromatic N) is 2. The van der Waals surface area contributed by atoms with Crippen molar-refractivity contribution in [3.63, 3.8) is 0 Å². The Hall–Kier alpha value is -3.67. The number of anilines is 1. The Kier molecular flexibility index (Phi) is 5.98. The second-order valence-electron chi connectivity index (χ2n) is 7.52. The minimum atomic E-state index is -0.439. The number of benzene rings is 2. The maximum atomic E-state index is 13.1. The molecular weight excluding hydrogens is 390 g/mol. The first-order chi connectivity index (χ1) is 15.1. The van der Waals surface area contributed by atoms with Crippen molar-refractivity contribution in [3.8, 4) is 5.75 Å². The standard InChI is InChI=1S/C25H25N3O3/c1-3-31-20-11-9-18(10-12-20)16-27-23(29)15-22-24-21(8-5-13-26-24)25(30)28(22)19-7-4-6-17(2)14-19/h4-14,22H,3,15-16H2,1-2H3,(H,27,29)/t22-/m1/s1. The lowest BCUT2D eigenvalue weighted by Gasteiger charge is -2.25. The molecule has 0 radical (unpaired) electrons. The van der Waals surface area contributed by atoms with Crippen LogP contribution < -0.4 is 15.0 Å². The highest BCUT2D eigenvalue weighted by Crippen LogP contribution is 2.38. The van der Waals surface area contributed by atoms with Gasteiger partial charge in [-0.05, 0) is 61.4 Å². The number of fused-ring (bicyclic) bond motifs is 1. The summed E-state index contributed by atoms with van der Waals surface area (Å²) >= 11 is 0. The zero-order valence-corrected chi connectivity index (χ0v) is 17.7. The fourth-order valence-corrected chi connectivity index (χ4v) is 3.84. The van der Waals surface area contributed by atoms with Gasteiger partial charge in [0.05, 0.1) is 30.3 Å². The van der Waals surface area contributed by atoms with Crippen molar-refractivity contribution < 1.29 is 14.3 Å². The normalized spacial score (nSPS) is 15.0. The van der Waals surface area contributed by atoms with E-state index in [0.29, 0.717) is 24.4 Å². The van der Waals surface area contributed by atoms with Crippen LogP contribution in [0, 0.1) is 6.92 Å². The van der Waals surface area contributed by atoms with Gasteiger partial charge in [0.25, 0.3) is 5.91 Å². The van der Waals surface area contributed by atoms with Crippen LogP contribution in [-0.4, -0.2) is 23.4 Å². The van der Waals surface area contributed by atoms with Gasteiger partial charge in [0.15, 0.2) is 0 Å². The number of pyridine rings is 1. The van der Waals surface area contributed by atoms with Crippen molar-refractivity contribution in [1.29, 1.82) is 0 Å². The third-order valence-electron chi connectivity index (χ3n) is 5.30. The first kappa shape index (κ1) is 20.6. The Bertz CT molecular complexity index is 1100. The molecule has 0 fully saturated rings. The van der Waals surface area contributed by atoms with Crippen molar-refractivity contribution in [3.05, 3.63) is 89.2 Å². The molecule has 1 N–H and O–H groups in total. The van der Waals surface area contributed by atoms with E-state index in [1.165, 1.54) is 0 Å². The highest BCUT2D eigenvalue weighted by molar-refractivity contribution is 6.11. The number of ether oxygens (including phenoxy) is 1. The molecule has 1 aromatic heterocycles. The predicted octanol–water partition coefficient (Wildman–Crippen LogP) is 4.20. The van der Waals surface area contributed by atoms with Crippen LogP contribution in [0.25, 0.3) is 0 Å². The fraction of sp³-hybridized carbons (Fsp3) is 0.240. The van der Waals surface area contributed by atoms with E-state index in [9.17, 15) is 9.59 Å². The van der Waals surface area contributed by atoms with Gasteiger partial charge in [0.1, 0.15) is 5.75 Å². The highest BCUT2D eigenvalue weighted by Gasteiger charge is 2.39. The number of aromatic nitrogens is 1. The van der Waals surface area contributed by atoms with E-state index >= 15 is 0 Å². The van der Waals surface area contributed by atoms with E-state index in [2.05, 4.69) is 10.3 Å². The molecule has 4 rings (SSSR count). The molecule has 158 valence electrons. The quantitative estimate of drug-likeness (QED) is 0.628. The van der Waals surface area contributed by atoms with Crippen LogP contribution in [0.3, 0.4) is 0 Å². The van der Waals surface area contributed by atoms with E-state index in [1.54, 1.807) is 23.2 Å². The van der Waals surface area contributed by atoms with E-state index in [4.69, 9.17) is 4.74 Å². The molecular formula is C25H25N3O3. The molecule has 0 bridgehead atoms. The van der Waals surface area contributed by atoms with Gasteiger partial charge in [0, 0.05) is 18.4 Å². The van der Waals surface area contributed by atoms with E-state index in [1.807, 2.05) is 62.4 Å². The van der Waals surface area contributed by atoms with Gasteiger partial charge < -0.3 is 10.1 Å². The van der Waals surface area contributed by atoms with Crippen LogP contribution in [0.15, 0.2) is 66.9 Å². The van der Waals surface area contributed by atoms with E-state index in [0.717, 1.165) is 22.6 Å². The summed E-state index contributed by atoms with van der Waals surface area (Å²) in [4.78, 5) is 32.0. The molecule has 2 heterocycles. The third kappa shape index (κ3) is 4.43. The summed E-state index contributed by atoms with van der Waals surface area (Å²) in [5.41, 5.74) is 3.99. The smallest absolute Gasteiger partial charge is 0.260 e. The molecule has 2 amide bonds. The molecule has 0 aliphatic carbocycles. The lowest BCUT2D eigenvalue weighted by molar-refractivity contribution is -0.121. The monoisotopic (exact) mass is 415 g/mol. The first-order valence-corrected chi connectivity index (χ1v) is 10.4. The van der Waals surface area contributed by atoms with Crippen molar-refractivity contribution in [2.75, 3.05) is 11.5 Å². The van der Waals surface area contributed by atoms with Gasteiger partial charge in [-0.1, -0.05) is 24.3 Å². The van der Waals surface area contributed by atoms with Crippen molar-refractivity contribution >= 4 is 17.5 Å². The van der Waals surface area contributed by atoms with Crippen molar-refractivity contribution in [1.82, 2.24) is 10.3 Å². The molecule has 31 heavy (non-hydrogen) atoms. The van der Waals surface area contributed by atoms with Crippen LogP contribution >= 0.6 is 0 Å². The van der Waals surface area contributed by atoms with E-state index < -0.39 is 6.04 Å².